The number of hydrogen-bond acceptors (Lipinski definition) is 7. The molecule has 0 fully saturated rings. The monoisotopic (exact) mass is 662 g/mol. The maximum atomic E-state index is 12.7. The number of aliphatic hydroxyl groups is 2. The van der Waals surface area contributed by atoms with E-state index in [2.05, 4.69) is 19.2 Å². The molecule has 10 heteroatoms. The van der Waals surface area contributed by atoms with E-state index in [1.807, 2.05) is 6.08 Å². The van der Waals surface area contributed by atoms with Gasteiger partial charge in [-0.3, -0.25) is 13.8 Å². The number of hydrogen-bond donors (Lipinski definition) is 5. The third-order valence-electron chi connectivity index (χ3n) is 8.17. The lowest BCUT2D eigenvalue weighted by molar-refractivity contribution is -0.124. The molecule has 4 atom stereocenters. The Bertz CT molecular complexity index is 741. The number of rotatable bonds is 34. The van der Waals surface area contributed by atoms with E-state index in [1.54, 1.807) is 6.08 Å². The van der Waals surface area contributed by atoms with Gasteiger partial charge in [0.1, 0.15) is 0 Å². The largest absolute Gasteiger partial charge is 0.472 e. The Morgan fingerprint density at radius 2 is 1.22 bits per heavy atom. The molecule has 0 radical (unpaired) electrons. The summed E-state index contributed by atoms with van der Waals surface area (Å²) in [5, 5.41) is 23.8. The predicted octanol–water partition coefficient (Wildman–Crippen LogP) is 8.24. The normalized spacial score (nSPS) is 15.2. The van der Waals surface area contributed by atoms with Crippen LogP contribution in [0.15, 0.2) is 12.2 Å². The minimum Gasteiger partial charge on any atom is -0.393 e. The second kappa shape index (κ2) is 31.8. The minimum absolute atomic E-state index is 0.0507. The van der Waals surface area contributed by atoms with E-state index in [4.69, 9.17) is 14.8 Å². The molecule has 0 aliphatic carbocycles. The summed E-state index contributed by atoms with van der Waals surface area (Å²) in [5.74, 6) is -0.448. The molecule has 0 aromatic rings. The molecule has 0 aromatic carbocycles. The molecule has 0 bridgehead atoms. The molecule has 0 aliphatic rings. The van der Waals surface area contributed by atoms with E-state index >= 15 is 0 Å². The van der Waals surface area contributed by atoms with Crippen LogP contribution in [0.2, 0.25) is 0 Å². The van der Waals surface area contributed by atoms with E-state index in [-0.39, 0.29) is 19.6 Å². The highest BCUT2D eigenvalue weighted by Gasteiger charge is 2.27. The number of nitrogens with two attached hydrogens (primary N) is 1. The van der Waals surface area contributed by atoms with Gasteiger partial charge in [0, 0.05) is 6.54 Å². The lowest BCUT2D eigenvalue weighted by Crippen LogP contribution is -2.46. The van der Waals surface area contributed by atoms with Crippen molar-refractivity contribution < 1.29 is 33.5 Å². The molecule has 4 unspecified atom stereocenters. The predicted molar refractivity (Wildman–Crippen MR) is 186 cm³/mol. The lowest BCUT2D eigenvalue weighted by Gasteiger charge is -2.24. The van der Waals surface area contributed by atoms with Gasteiger partial charge in [-0.15, -0.1) is 0 Å². The molecular weight excluding hydrogens is 591 g/mol. The Labute approximate surface area is 276 Å². The molecule has 0 spiro atoms. The second-order valence-corrected chi connectivity index (χ2v) is 14.1. The van der Waals surface area contributed by atoms with Gasteiger partial charge in [-0.1, -0.05) is 154 Å². The average Bonchev–Trinajstić information content (AvgIpc) is 3.01. The Hall–Kier alpha value is -0.800. The Morgan fingerprint density at radius 1 is 0.756 bits per heavy atom. The van der Waals surface area contributed by atoms with Gasteiger partial charge in [-0.05, 0) is 19.3 Å². The Kier molecular flexibility index (Phi) is 31.2. The van der Waals surface area contributed by atoms with Crippen LogP contribution in [0.3, 0.4) is 0 Å². The van der Waals surface area contributed by atoms with E-state index in [0.717, 1.165) is 38.5 Å². The van der Waals surface area contributed by atoms with Crippen LogP contribution in [-0.4, -0.2) is 59.0 Å². The summed E-state index contributed by atoms with van der Waals surface area (Å²) < 4.78 is 21.9. The van der Waals surface area contributed by atoms with Gasteiger partial charge in [0.25, 0.3) is 0 Å². The minimum atomic E-state index is -4.38. The number of phosphoric ester groups is 1. The van der Waals surface area contributed by atoms with Gasteiger partial charge in [-0.25, -0.2) is 4.57 Å². The number of unbranched alkanes of at least 4 members (excludes halogenated alkanes) is 20. The summed E-state index contributed by atoms with van der Waals surface area (Å²) in [6.07, 6.45) is 28.8. The average molecular weight is 663 g/mol. The van der Waals surface area contributed by atoms with Crippen molar-refractivity contribution in [2.75, 3.05) is 19.8 Å². The first-order chi connectivity index (χ1) is 21.8. The maximum absolute atomic E-state index is 12.7. The van der Waals surface area contributed by atoms with Crippen molar-refractivity contribution in [1.82, 2.24) is 5.32 Å². The highest BCUT2D eigenvalue weighted by molar-refractivity contribution is 7.47. The van der Waals surface area contributed by atoms with Crippen LogP contribution < -0.4 is 11.1 Å². The Morgan fingerprint density at radius 3 is 1.71 bits per heavy atom. The number of allylic oxidation sites excluding steroid dienone is 1. The zero-order valence-electron chi connectivity index (χ0n) is 29.0. The summed E-state index contributed by atoms with van der Waals surface area (Å²) in [7, 11) is -4.38. The van der Waals surface area contributed by atoms with Gasteiger partial charge in [0.2, 0.25) is 5.91 Å². The maximum Gasteiger partial charge on any atom is 0.472 e. The number of carbonyl (C=O) groups is 1. The second-order valence-electron chi connectivity index (χ2n) is 12.6. The summed E-state index contributed by atoms with van der Waals surface area (Å²) in [6.45, 7) is 3.91. The summed E-state index contributed by atoms with van der Waals surface area (Å²) in [5.41, 5.74) is 5.33. The number of nitrogens with one attached hydrogen (secondary N) is 1. The number of amides is 1. The van der Waals surface area contributed by atoms with Crippen molar-refractivity contribution in [3.05, 3.63) is 12.2 Å². The fraction of sp³-hybridized carbons (Fsp3) is 0.914. The van der Waals surface area contributed by atoms with Gasteiger partial charge in [-0.2, -0.15) is 0 Å². The first kappa shape index (κ1) is 44.2. The molecular formula is C35H71N2O7P. The lowest BCUT2D eigenvalue weighted by atomic mass is 10.0. The topological polar surface area (TPSA) is 151 Å². The van der Waals surface area contributed by atoms with E-state index in [0.29, 0.717) is 6.42 Å². The quantitative estimate of drug-likeness (QED) is 0.0263. The molecule has 0 saturated carbocycles. The molecule has 6 N–H and O–H groups in total. The fourth-order valence-corrected chi connectivity index (χ4v) is 6.11. The number of carbonyl (C=O) groups excluding carboxylic acids is 1. The van der Waals surface area contributed by atoms with E-state index in [9.17, 15) is 24.5 Å². The van der Waals surface area contributed by atoms with Crippen molar-refractivity contribution in [3.63, 3.8) is 0 Å². The van der Waals surface area contributed by atoms with Gasteiger partial charge in [0.15, 0.2) is 0 Å². The smallest absolute Gasteiger partial charge is 0.393 e. The highest BCUT2D eigenvalue weighted by Crippen LogP contribution is 2.43. The van der Waals surface area contributed by atoms with Crippen LogP contribution in [0.1, 0.15) is 168 Å². The van der Waals surface area contributed by atoms with Crippen molar-refractivity contribution in [1.29, 1.82) is 0 Å². The zero-order chi connectivity index (χ0) is 33.4. The van der Waals surface area contributed by atoms with Crippen LogP contribution >= 0.6 is 7.82 Å². The molecule has 9 nitrogen and oxygen atoms in total. The number of phosphoric acid groups is 1. The van der Waals surface area contributed by atoms with Crippen LogP contribution in [0, 0.1) is 0 Å². The van der Waals surface area contributed by atoms with Crippen LogP contribution in [0.25, 0.3) is 0 Å². The van der Waals surface area contributed by atoms with Gasteiger partial charge >= 0.3 is 7.82 Å². The first-order valence-corrected chi connectivity index (χ1v) is 19.9. The van der Waals surface area contributed by atoms with Crippen LogP contribution in [0.4, 0.5) is 0 Å². The van der Waals surface area contributed by atoms with E-state index in [1.165, 1.54) is 103 Å². The summed E-state index contributed by atoms with van der Waals surface area (Å²) in [4.78, 5) is 22.5. The van der Waals surface area contributed by atoms with Crippen molar-refractivity contribution in [3.8, 4) is 0 Å². The molecule has 0 saturated heterocycles. The molecule has 45 heavy (non-hydrogen) atoms. The first-order valence-electron chi connectivity index (χ1n) is 18.4. The highest BCUT2D eigenvalue weighted by atomic mass is 31.2. The van der Waals surface area contributed by atoms with E-state index < -0.39 is 38.6 Å². The third kappa shape index (κ3) is 30.3. The molecule has 1 amide bonds. The zero-order valence-corrected chi connectivity index (χ0v) is 29.9. The van der Waals surface area contributed by atoms with Crippen LogP contribution in [0.5, 0.6) is 0 Å². The number of aliphatic hydroxyl groups excluding tert-OH is 2. The van der Waals surface area contributed by atoms with Gasteiger partial charge in [0.05, 0.1) is 37.9 Å². The van der Waals surface area contributed by atoms with Gasteiger partial charge < -0.3 is 26.2 Å². The molecule has 268 valence electrons. The van der Waals surface area contributed by atoms with Crippen molar-refractivity contribution >= 4 is 13.7 Å². The van der Waals surface area contributed by atoms with Crippen molar-refractivity contribution in [2.24, 2.45) is 5.73 Å². The summed E-state index contributed by atoms with van der Waals surface area (Å²) >= 11 is 0. The fourth-order valence-electron chi connectivity index (χ4n) is 5.35. The van der Waals surface area contributed by atoms with Crippen molar-refractivity contribution in [2.45, 2.75) is 186 Å². The Balaban J connectivity index is 4.32. The third-order valence-corrected chi connectivity index (χ3v) is 9.15. The standard InChI is InChI=1S/C35H71N2O7P/c1-3-5-7-9-11-13-14-15-16-17-18-19-20-22-24-26-32(38)30-35(40)37-33(31-44-45(41,42)43-29-28-36)34(39)27-25-23-21-12-10-8-6-4-2/h25,27,32-34,38-39H,3-24,26,28-31,36H2,1-2H3,(H,37,40)(H,41,42)/b27-25+. The molecule has 0 rings (SSSR count). The summed E-state index contributed by atoms with van der Waals surface area (Å²) in [6, 6.07) is -0.974. The van der Waals surface area contributed by atoms with Crippen LogP contribution in [-0.2, 0) is 18.4 Å². The molecule has 0 aliphatic heterocycles. The SMILES string of the molecule is CCCCCCCC/C=C/C(O)C(COP(=O)(O)OCCN)NC(=O)CC(O)CCCCCCCCCCCCCCCCC. The molecule has 0 heterocycles. The molecule has 0 aromatic heterocycles.